The minimum absolute atomic E-state index is 0.237. The summed E-state index contributed by atoms with van der Waals surface area (Å²) in [6.07, 6.45) is 1.84. The summed E-state index contributed by atoms with van der Waals surface area (Å²) in [5, 5.41) is 17.7. The number of ether oxygens (including phenoxy) is 2. The number of nitrogens with one attached hydrogen (secondary N) is 1. The Balaban J connectivity index is 1.35. The van der Waals surface area contributed by atoms with E-state index in [4.69, 9.17) is 9.47 Å². The molecule has 3 fully saturated rings. The van der Waals surface area contributed by atoms with Gasteiger partial charge in [0.15, 0.2) is 0 Å². The maximum Gasteiger partial charge on any atom is 0.335 e. The van der Waals surface area contributed by atoms with Crippen LogP contribution in [0.5, 0.6) is 6.01 Å². The summed E-state index contributed by atoms with van der Waals surface area (Å²) in [6, 6.07) is 13.2. The number of benzene rings is 2. The number of aromatic nitrogens is 3. The van der Waals surface area contributed by atoms with Gasteiger partial charge in [0, 0.05) is 17.2 Å². The summed E-state index contributed by atoms with van der Waals surface area (Å²) in [5.74, 6) is -0.957. The first-order valence-corrected chi connectivity index (χ1v) is 11.4. The molecule has 1 aromatic heterocycles. The Morgan fingerprint density at radius 3 is 2.68 bits per heavy atom. The number of imide groups is 1. The second-order valence-corrected chi connectivity index (χ2v) is 9.54. The number of aryl methyl sites for hydroxylation is 1. The summed E-state index contributed by atoms with van der Waals surface area (Å²) in [5.41, 5.74) is -0.445. The van der Waals surface area contributed by atoms with Crippen LogP contribution in [0.2, 0.25) is 0 Å². The quantitative estimate of drug-likeness (QED) is 0.585. The highest BCUT2D eigenvalue weighted by Crippen LogP contribution is 2.62. The molecule has 3 saturated heterocycles. The number of amides is 2. The Morgan fingerprint density at radius 1 is 1.18 bits per heavy atom. The molecule has 2 amide bonds. The maximum absolute atomic E-state index is 13.9. The van der Waals surface area contributed by atoms with E-state index in [-0.39, 0.29) is 24.4 Å². The molecule has 172 valence electrons. The monoisotopic (exact) mass is 457 g/mol. The lowest BCUT2D eigenvalue weighted by Crippen LogP contribution is -2.43. The average Bonchev–Trinajstić information content (AvgIpc) is 3.54. The zero-order valence-corrected chi connectivity index (χ0v) is 18.9. The molecule has 4 atom stereocenters. The maximum atomic E-state index is 13.9. The van der Waals surface area contributed by atoms with Gasteiger partial charge in [-0.1, -0.05) is 24.3 Å². The molecule has 0 saturated carbocycles. The molecule has 4 unspecified atom stereocenters. The first kappa shape index (κ1) is 20.8. The van der Waals surface area contributed by atoms with Crippen LogP contribution in [0.4, 0.5) is 5.69 Å². The predicted molar refractivity (Wildman–Crippen MR) is 121 cm³/mol. The van der Waals surface area contributed by atoms with Gasteiger partial charge in [-0.05, 0) is 38.8 Å². The molecule has 6 rings (SSSR count). The Hall–Kier alpha value is -3.77. The van der Waals surface area contributed by atoms with Crippen LogP contribution in [0, 0.1) is 30.1 Å². The number of rotatable bonds is 5. The third-order valence-corrected chi connectivity index (χ3v) is 7.61. The molecular formula is C25H23N5O4. The highest BCUT2D eigenvalue weighted by atomic mass is 16.5. The third-order valence-electron chi connectivity index (χ3n) is 7.61. The molecule has 3 aliphatic rings. The number of nitrogens with zero attached hydrogens (tertiary/aromatic N) is 4. The summed E-state index contributed by atoms with van der Waals surface area (Å²) in [6.45, 7) is 4.00. The predicted octanol–water partition coefficient (Wildman–Crippen LogP) is 3.03. The minimum Gasteiger partial charge on any atom is -0.462 e. The van der Waals surface area contributed by atoms with E-state index in [0.29, 0.717) is 41.7 Å². The van der Waals surface area contributed by atoms with Crippen molar-refractivity contribution in [3.63, 3.8) is 0 Å². The molecule has 34 heavy (non-hydrogen) atoms. The molecule has 0 spiro atoms. The highest BCUT2D eigenvalue weighted by molar-refractivity contribution is 6.26. The highest BCUT2D eigenvalue weighted by Gasteiger charge is 2.73. The van der Waals surface area contributed by atoms with Crippen LogP contribution < -0.4 is 9.64 Å². The lowest BCUT2D eigenvalue weighted by atomic mass is 9.67. The van der Waals surface area contributed by atoms with Crippen LogP contribution in [0.15, 0.2) is 36.4 Å². The fourth-order valence-corrected chi connectivity index (χ4v) is 6.13. The first-order valence-electron chi connectivity index (χ1n) is 11.4. The van der Waals surface area contributed by atoms with Gasteiger partial charge in [0.2, 0.25) is 11.8 Å². The number of carbonyl (C=O) groups is 2. The van der Waals surface area contributed by atoms with E-state index in [1.165, 1.54) is 4.90 Å². The van der Waals surface area contributed by atoms with E-state index < -0.39 is 23.0 Å². The molecule has 2 bridgehead atoms. The van der Waals surface area contributed by atoms with Gasteiger partial charge in [-0.3, -0.25) is 14.7 Å². The lowest BCUT2D eigenvalue weighted by molar-refractivity contribution is -0.131. The molecule has 3 aliphatic heterocycles. The molecule has 4 heterocycles. The Kier molecular flexibility index (Phi) is 4.35. The van der Waals surface area contributed by atoms with E-state index in [1.807, 2.05) is 31.2 Å². The first-order chi connectivity index (χ1) is 16.4. The fraction of sp³-hybridized carbons (Fsp3) is 0.400. The van der Waals surface area contributed by atoms with Crippen LogP contribution >= 0.6 is 0 Å². The zero-order chi connectivity index (χ0) is 23.7. The van der Waals surface area contributed by atoms with Crippen molar-refractivity contribution >= 4 is 28.3 Å². The molecule has 0 aliphatic carbocycles. The second-order valence-electron chi connectivity index (χ2n) is 9.54. The summed E-state index contributed by atoms with van der Waals surface area (Å²) in [4.78, 5) is 33.1. The topological polar surface area (TPSA) is 121 Å². The van der Waals surface area contributed by atoms with Gasteiger partial charge in [0.1, 0.15) is 5.82 Å². The SMILES string of the molecule is Cc1nc(OCCC23CCC(C)(O2)C2C(=O)N(c4ccc(C#N)c5ccccc45)C(=O)C23)n[nH]1. The largest absolute Gasteiger partial charge is 0.462 e. The van der Waals surface area contributed by atoms with Crippen molar-refractivity contribution in [1.29, 1.82) is 5.26 Å². The number of carbonyl (C=O) groups excluding carboxylic acids is 2. The number of anilines is 1. The molecule has 0 radical (unpaired) electrons. The second kappa shape index (κ2) is 7.11. The number of hydrogen-bond donors (Lipinski definition) is 1. The van der Waals surface area contributed by atoms with Gasteiger partial charge in [-0.2, -0.15) is 10.2 Å². The summed E-state index contributed by atoms with van der Waals surface area (Å²) in [7, 11) is 0. The average molecular weight is 457 g/mol. The Labute approximate surface area is 195 Å². The lowest BCUT2D eigenvalue weighted by Gasteiger charge is -2.30. The van der Waals surface area contributed by atoms with Crippen molar-refractivity contribution in [3.8, 4) is 12.1 Å². The normalized spacial score (nSPS) is 29.6. The van der Waals surface area contributed by atoms with Crippen LogP contribution in [0.25, 0.3) is 10.8 Å². The van der Waals surface area contributed by atoms with Crippen LogP contribution in [0.3, 0.4) is 0 Å². The number of hydrogen-bond acceptors (Lipinski definition) is 7. The van der Waals surface area contributed by atoms with Crippen molar-refractivity contribution in [2.45, 2.75) is 44.3 Å². The molecule has 9 nitrogen and oxygen atoms in total. The van der Waals surface area contributed by atoms with Crippen LogP contribution in [-0.2, 0) is 14.3 Å². The van der Waals surface area contributed by atoms with Gasteiger partial charge >= 0.3 is 6.01 Å². The van der Waals surface area contributed by atoms with E-state index in [0.717, 1.165) is 5.39 Å². The van der Waals surface area contributed by atoms with Crippen LogP contribution in [-0.4, -0.2) is 44.8 Å². The number of aromatic amines is 1. The fourth-order valence-electron chi connectivity index (χ4n) is 6.13. The number of nitriles is 1. The molecule has 9 heteroatoms. The smallest absolute Gasteiger partial charge is 0.335 e. The van der Waals surface area contributed by atoms with E-state index in [2.05, 4.69) is 21.3 Å². The molecular weight excluding hydrogens is 434 g/mol. The van der Waals surface area contributed by atoms with E-state index in [1.54, 1.807) is 19.1 Å². The van der Waals surface area contributed by atoms with Crippen molar-refractivity contribution in [3.05, 3.63) is 47.8 Å². The standard InChI is InChI=1S/C25H23N5O4/c1-14-27-23(29-28-14)33-12-11-25-10-9-24(2,34-25)19-20(25)22(32)30(21(19)31)18-8-7-15(13-26)16-5-3-4-6-17(16)18/h3-8,19-20H,9-12H2,1-2H3,(H,27,28,29). The zero-order valence-electron chi connectivity index (χ0n) is 18.9. The van der Waals surface area contributed by atoms with E-state index >= 15 is 0 Å². The van der Waals surface area contributed by atoms with Gasteiger partial charge in [-0.25, -0.2) is 4.90 Å². The minimum atomic E-state index is -0.769. The Bertz CT molecular complexity index is 1390. The van der Waals surface area contributed by atoms with Crippen molar-refractivity contribution in [2.75, 3.05) is 11.5 Å². The number of H-pyrrole nitrogens is 1. The molecule has 2 aromatic carbocycles. The molecule has 1 N–H and O–H groups in total. The van der Waals surface area contributed by atoms with Crippen molar-refractivity contribution in [1.82, 2.24) is 15.2 Å². The van der Waals surface area contributed by atoms with E-state index in [9.17, 15) is 14.9 Å². The van der Waals surface area contributed by atoms with Crippen molar-refractivity contribution in [2.24, 2.45) is 11.8 Å². The summed E-state index contributed by atoms with van der Waals surface area (Å²) < 4.78 is 12.2. The van der Waals surface area contributed by atoms with Gasteiger partial charge in [0.25, 0.3) is 0 Å². The number of fused-ring (bicyclic) bond motifs is 6. The van der Waals surface area contributed by atoms with Crippen LogP contribution in [0.1, 0.15) is 37.6 Å². The Morgan fingerprint density at radius 2 is 1.94 bits per heavy atom. The van der Waals surface area contributed by atoms with Gasteiger partial charge < -0.3 is 9.47 Å². The van der Waals surface area contributed by atoms with Gasteiger partial charge in [-0.15, -0.1) is 5.10 Å². The van der Waals surface area contributed by atoms with Gasteiger partial charge in [0.05, 0.1) is 47.0 Å². The van der Waals surface area contributed by atoms with Crippen molar-refractivity contribution < 1.29 is 19.1 Å². The summed E-state index contributed by atoms with van der Waals surface area (Å²) >= 11 is 0. The molecule has 3 aromatic rings. The third kappa shape index (κ3) is 2.75.